The first-order valence-corrected chi connectivity index (χ1v) is 7.78. The molecule has 2 bridgehead atoms. The van der Waals surface area contributed by atoms with Gasteiger partial charge in [-0.15, -0.1) is 0 Å². The van der Waals surface area contributed by atoms with Crippen LogP contribution in [0.4, 0.5) is 5.69 Å². The largest absolute Gasteiger partial charge is 0.326 e. The third-order valence-corrected chi connectivity index (χ3v) is 5.19. The van der Waals surface area contributed by atoms with Crippen molar-refractivity contribution in [1.29, 1.82) is 0 Å². The molecule has 3 atom stereocenters. The van der Waals surface area contributed by atoms with Crippen LogP contribution in [0.3, 0.4) is 0 Å². The van der Waals surface area contributed by atoms with Crippen LogP contribution < -0.4 is 5.32 Å². The van der Waals surface area contributed by atoms with Crippen LogP contribution in [0, 0.1) is 28.2 Å². The van der Waals surface area contributed by atoms with Gasteiger partial charge < -0.3 is 5.32 Å². The second-order valence-corrected chi connectivity index (χ2v) is 6.98. The van der Waals surface area contributed by atoms with Crippen molar-refractivity contribution in [3.05, 3.63) is 27.3 Å². The molecule has 0 saturated heterocycles. The zero-order valence-corrected chi connectivity index (χ0v) is 12.7. The Morgan fingerprint density at radius 2 is 2.17 bits per heavy atom. The molecule has 0 unspecified atom stereocenters. The molecule has 0 spiro atoms. The summed E-state index contributed by atoms with van der Waals surface area (Å²) in [6.45, 7) is 2.05. The number of aryl methyl sites for hydroxylation is 1. The molecular formula is C15H18INO. The van der Waals surface area contributed by atoms with E-state index >= 15 is 0 Å². The lowest BCUT2D eigenvalue weighted by atomic mass is 9.88. The van der Waals surface area contributed by atoms with E-state index in [0.717, 1.165) is 23.6 Å². The van der Waals surface area contributed by atoms with E-state index in [4.69, 9.17) is 0 Å². The maximum Gasteiger partial charge on any atom is 0.227 e. The molecule has 2 aliphatic rings. The van der Waals surface area contributed by atoms with Crippen LogP contribution in [0.5, 0.6) is 0 Å². The molecule has 1 N–H and O–H groups in total. The summed E-state index contributed by atoms with van der Waals surface area (Å²) >= 11 is 2.30. The van der Waals surface area contributed by atoms with E-state index in [1.165, 1.54) is 22.8 Å². The van der Waals surface area contributed by atoms with Gasteiger partial charge in [0, 0.05) is 15.2 Å². The van der Waals surface area contributed by atoms with E-state index in [1.54, 1.807) is 0 Å². The van der Waals surface area contributed by atoms with Crippen molar-refractivity contribution in [3.8, 4) is 0 Å². The molecule has 1 aromatic rings. The number of carbonyl (C=O) groups is 1. The van der Waals surface area contributed by atoms with Crippen molar-refractivity contribution in [2.24, 2.45) is 17.8 Å². The Balaban J connectivity index is 1.71. The molecule has 0 radical (unpaired) electrons. The lowest BCUT2D eigenvalue weighted by molar-refractivity contribution is -0.121. The first-order valence-electron chi connectivity index (χ1n) is 6.70. The molecule has 1 amide bonds. The summed E-state index contributed by atoms with van der Waals surface area (Å²) in [5, 5.41) is 3.12. The molecule has 96 valence electrons. The molecule has 18 heavy (non-hydrogen) atoms. The smallest absolute Gasteiger partial charge is 0.227 e. The fraction of sp³-hybridized carbons (Fsp3) is 0.533. The predicted molar refractivity (Wildman–Crippen MR) is 81.5 cm³/mol. The maximum absolute atomic E-state index is 12.3. The minimum Gasteiger partial charge on any atom is -0.326 e. The maximum atomic E-state index is 12.3. The van der Waals surface area contributed by atoms with Gasteiger partial charge in [0.05, 0.1) is 0 Å². The fourth-order valence-electron chi connectivity index (χ4n) is 3.56. The third-order valence-electron chi connectivity index (χ3n) is 4.52. The van der Waals surface area contributed by atoms with Crippen molar-refractivity contribution >= 4 is 34.2 Å². The Hall–Kier alpha value is -0.580. The predicted octanol–water partition coefficient (Wildman–Crippen LogP) is 3.97. The first kappa shape index (κ1) is 12.5. The molecule has 0 heterocycles. The minimum absolute atomic E-state index is 0.242. The SMILES string of the molecule is Cc1cc(I)ccc1NC(=O)[C@@H]1C[C@H]2CC[C@@H]1C2. The Morgan fingerprint density at radius 3 is 2.78 bits per heavy atom. The number of benzene rings is 1. The molecule has 2 saturated carbocycles. The van der Waals surface area contributed by atoms with Gasteiger partial charge in [0.25, 0.3) is 0 Å². The van der Waals surface area contributed by atoms with Crippen molar-refractivity contribution in [1.82, 2.24) is 0 Å². The highest BCUT2D eigenvalue weighted by Gasteiger charge is 2.43. The summed E-state index contributed by atoms with van der Waals surface area (Å²) < 4.78 is 1.21. The number of amides is 1. The molecule has 1 aromatic carbocycles. The van der Waals surface area contributed by atoms with Gasteiger partial charge in [0.1, 0.15) is 0 Å². The number of anilines is 1. The molecule has 0 aromatic heterocycles. The van der Waals surface area contributed by atoms with Crippen LogP contribution in [-0.2, 0) is 4.79 Å². The summed E-state index contributed by atoms with van der Waals surface area (Å²) in [7, 11) is 0. The van der Waals surface area contributed by atoms with E-state index < -0.39 is 0 Å². The van der Waals surface area contributed by atoms with Gasteiger partial charge in [-0.1, -0.05) is 6.42 Å². The van der Waals surface area contributed by atoms with Crippen molar-refractivity contribution in [2.45, 2.75) is 32.6 Å². The number of rotatable bonds is 2. The Bertz CT molecular complexity index is 485. The number of hydrogen-bond acceptors (Lipinski definition) is 1. The van der Waals surface area contributed by atoms with E-state index in [1.807, 2.05) is 12.1 Å². The highest BCUT2D eigenvalue weighted by Crippen LogP contribution is 2.48. The summed E-state index contributed by atoms with van der Waals surface area (Å²) in [6.07, 6.45) is 5.00. The molecule has 0 aliphatic heterocycles. The van der Waals surface area contributed by atoms with Crippen LogP contribution in [0.15, 0.2) is 18.2 Å². The fourth-order valence-corrected chi connectivity index (χ4v) is 4.21. The lowest BCUT2D eigenvalue weighted by Crippen LogP contribution is -2.27. The second-order valence-electron chi connectivity index (χ2n) is 5.73. The van der Waals surface area contributed by atoms with Crippen LogP contribution >= 0.6 is 22.6 Å². The van der Waals surface area contributed by atoms with E-state index in [2.05, 4.69) is 40.9 Å². The third kappa shape index (κ3) is 2.29. The Kier molecular flexibility index (Phi) is 3.34. The van der Waals surface area contributed by atoms with Gasteiger partial charge in [0.2, 0.25) is 5.91 Å². The van der Waals surface area contributed by atoms with Crippen LogP contribution in [-0.4, -0.2) is 5.91 Å². The lowest BCUT2D eigenvalue weighted by Gasteiger charge is -2.21. The van der Waals surface area contributed by atoms with Gasteiger partial charge in [-0.2, -0.15) is 0 Å². The highest BCUT2D eigenvalue weighted by atomic mass is 127. The normalized spacial score (nSPS) is 29.6. The monoisotopic (exact) mass is 355 g/mol. The Morgan fingerprint density at radius 1 is 1.33 bits per heavy atom. The quantitative estimate of drug-likeness (QED) is 0.799. The molecule has 2 fully saturated rings. The van der Waals surface area contributed by atoms with E-state index in [9.17, 15) is 4.79 Å². The van der Waals surface area contributed by atoms with E-state index in [-0.39, 0.29) is 11.8 Å². The standard InChI is InChI=1S/C15H18INO/c1-9-6-12(16)4-5-14(9)17-15(18)13-8-10-2-3-11(13)7-10/h4-6,10-11,13H,2-3,7-8H2,1H3,(H,17,18)/t10-,11+,13+/m0/s1. The number of fused-ring (bicyclic) bond motifs is 2. The van der Waals surface area contributed by atoms with E-state index in [0.29, 0.717) is 5.92 Å². The molecule has 2 aliphatic carbocycles. The average molecular weight is 355 g/mol. The summed E-state index contributed by atoms with van der Waals surface area (Å²) in [5.74, 6) is 1.98. The number of nitrogens with one attached hydrogen (secondary N) is 1. The minimum atomic E-state index is 0.242. The number of halogens is 1. The first-order chi connectivity index (χ1) is 8.63. The molecule has 3 rings (SSSR count). The summed E-state index contributed by atoms with van der Waals surface area (Å²) in [5.41, 5.74) is 2.13. The highest BCUT2D eigenvalue weighted by molar-refractivity contribution is 14.1. The zero-order chi connectivity index (χ0) is 12.7. The van der Waals surface area contributed by atoms with Gasteiger partial charge in [-0.3, -0.25) is 4.79 Å². The average Bonchev–Trinajstić information content (AvgIpc) is 2.94. The molecule has 2 nitrogen and oxygen atoms in total. The van der Waals surface area contributed by atoms with Crippen molar-refractivity contribution in [2.75, 3.05) is 5.32 Å². The van der Waals surface area contributed by atoms with Crippen LogP contribution in [0.25, 0.3) is 0 Å². The van der Waals surface area contributed by atoms with Crippen LogP contribution in [0.1, 0.15) is 31.2 Å². The van der Waals surface area contributed by atoms with Gasteiger partial charge in [-0.05, 0) is 84.4 Å². The van der Waals surface area contributed by atoms with Crippen molar-refractivity contribution < 1.29 is 4.79 Å². The molecular weight excluding hydrogens is 337 g/mol. The summed E-state index contributed by atoms with van der Waals surface area (Å²) in [6, 6.07) is 6.17. The summed E-state index contributed by atoms with van der Waals surface area (Å²) in [4.78, 5) is 12.3. The topological polar surface area (TPSA) is 29.1 Å². The number of carbonyl (C=O) groups excluding carboxylic acids is 1. The van der Waals surface area contributed by atoms with Gasteiger partial charge in [-0.25, -0.2) is 0 Å². The number of hydrogen-bond donors (Lipinski definition) is 1. The van der Waals surface area contributed by atoms with Crippen LogP contribution in [0.2, 0.25) is 0 Å². The Labute approximate surface area is 122 Å². The van der Waals surface area contributed by atoms with Gasteiger partial charge >= 0.3 is 0 Å². The second kappa shape index (κ2) is 4.83. The van der Waals surface area contributed by atoms with Crippen molar-refractivity contribution in [3.63, 3.8) is 0 Å². The van der Waals surface area contributed by atoms with Gasteiger partial charge in [0.15, 0.2) is 0 Å². The molecule has 3 heteroatoms. The zero-order valence-electron chi connectivity index (χ0n) is 10.6.